The highest BCUT2D eigenvalue weighted by Gasteiger charge is 2.11. The molecule has 0 saturated heterocycles. The molecule has 1 unspecified atom stereocenters. The Labute approximate surface area is 107 Å². The average Bonchev–Trinajstić information content (AvgIpc) is 2.26. The summed E-state index contributed by atoms with van der Waals surface area (Å²) < 4.78 is 0. The highest BCUT2D eigenvalue weighted by molar-refractivity contribution is 5.15. The molecule has 0 bridgehead atoms. The van der Waals surface area contributed by atoms with Crippen molar-refractivity contribution in [3.05, 3.63) is 35.9 Å². The topological polar surface area (TPSA) is 12.0 Å². The fourth-order valence-electron chi connectivity index (χ4n) is 2.15. The lowest BCUT2D eigenvalue weighted by Crippen LogP contribution is -2.36. The van der Waals surface area contributed by atoms with Gasteiger partial charge in [-0.3, -0.25) is 0 Å². The molecule has 96 valence electrons. The van der Waals surface area contributed by atoms with Crippen LogP contribution in [0.4, 0.5) is 0 Å². The fourth-order valence-corrected chi connectivity index (χ4v) is 2.15. The van der Waals surface area contributed by atoms with Crippen LogP contribution >= 0.6 is 0 Å². The first-order valence-corrected chi connectivity index (χ1v) is 6.88. The minimum absolute atomic E-state index is 0.566. The molecule has 0 amide bonds. The Hall–Kier alpha value is -0.820. The summed E-state index contributed by atoms with van der Waals surface area (Å²) in [5, 5.41) is 3.68. The van der Waals surface area contributed by atoms with Gasteiger partial charge in [-0.05, 0) is 30.7 Å². The van der Waals surface area contributed by atoms with Crippen LogP contribution in [0.15, 0.2) is 30.3 Å². The van der Waals surface area contributed by atoms with Gasteiger partial charge in [-0.2, -0.15) is 0 Å². The lowest BCUT2D eigenvalue weighted by molar-refractivity contribution is 0.400. The molecule has 1 rings (SSSR count). The summed E-state index contributed by atoms with van der Waals surface area (Å²) in [6.07, 6.45) is 3.72. The number of benzene rings is 1. The Bertz CT molecular complexity index is 290. The highest BCUT2D eigenvalue weighted by Crippen LogP contribution is 2.12. The van der Waals surface area contributed by atoms with Crippen molar-refractivity contribution in [2.24, 2.45) is 5.92 Å². The van der Waals surface area contributed by atoms with E-state index in [0.29, 0.717) is 12.1 Å². The van der Waals surface area contributed by atoms with E-state index in [9.17, 15) is 0 Å². The summed E-state index contributed by atoms with van der Waals surface area (Å²) >= 11 is 0. The van der Waals surface area contributed by atoms with Gasteiger partial charge in [0.2, 0.25) is 0 Å². The van der Waals surface area contributed by atoms with Gasteiger partial charge < -0.3 is 5.32 Å². The lowest BCUT2D eigenvalue weighted by atomic mass is 9.97. The predicted molar refractivity (Wildman–Crippen MR) is 76.3 cm³/mol. The molecule has 0 aliphatic heterocycles. The van der Waals surface area contributed by atoms with Gasteiger partial charge in [0.15, 0.2) is 0 Å². The molecular formula is C16H27N. The predicted octanol–water partition coefficient (Wildman–Crippen LogP) is 4.03. The van der Waals surface area contributed by atoms with E-state index >= 15 is 0 Å². The quantitative estimate of drug-likeness (QED) is 0.749. The van der Waals surface area contributed by atoms with E-state index < -0.39 is 0 Å². The van der Waals surface area contributed by atoms with Gasteiger partial charge in [0.25, 0.3) is 0 Å². The zero-order chi connectivity index (χ0) is 12.7. The van der Waals surface area contributed by atoms with E-state index in [0.717, 1.165) is 12.3 Å². The maximum atomic E-state index is 3.68. The maximum Gasteiger partial charge on any atom is 0.0110 e. The molecule has 0 radical (unpaired) electrons. The lowest BCUT2D eigenvalue weighted by Gasteiger charge is -2.22. The molecule has 17 heavy (non-hydrogen) atoms. The molecule has 1 atom stereocenters. The van der Waals surface area contributed by atoms with Crippen LogP contribution in [-0.2, 0) is 6.42 Å². The van der Waals surface area contributed by atoms with Gasteiger partial charge in [-0.15, -0.1) is 0 Å². The summed E-state index contributed by atoms with van der Waals surface area (Å²) in [4.78, 5) is 0. The first-order valence-electron chi connectivity index (χ1n) is 6.88. The van der Waals surface area contributed by atoms with Crippen molar-refractivity contribution in [1.29, 1.82) is 0 Å². The second-order valence-electron chi connectivity index (χ2n) is 5.68. The third kappa shape index (κ3) is 6.48. The van der Waals surface area contributed by atoms with E-state index in [1.807, 2.05) is 0 Å². The molecule has 1 aromatic rings. The van der Waals surface area contributed by atoms with E-state index in [4.69, 9.17) is 0 Å². The van der Waals surface area contributed by atoms with E-state index in [1.54, 1.807) is 0 Å². The monoisotopic (exact) mass is 233 g/mol. The molecule has 1 aromatic carbocycles. The summed E-state index contributed by atoms with van der Waals surface area (Å²) in [7, 11) is 0. The second kappa shape index (κ2) is 7.50. The average molecular weight is 233 g/mol. The molecule has 1 heteroatoms. The largest absolute Gasteiger partial charge is 0.311 e. The molecule has 0 saturated carbocycles. The van der Waals surface area contributed by atoms with Crippen molar-refractivity contribution in [2.75, 3.05) is 0 Å². The van der Waals surface area contributed by atoms with Gasteiger partial charge >= 0.3 is 0 Å². The van der Waals surface area contributed by atoms with Crippen LogP contribution in [0.5, 0.6) is 0 Å². The standard InChI is InChI=1S/C16H27N/c1-13(2)10-11-16(17-14(3)4)12-15-8-6-5-7-9-15/h5-9,13-14,16-17H,10-12H2,1-4H3. The first kappa shape index (κ1) is 14.2. The van der Waals surface area contributed by atoms with Crippen LogP contribution in [0.25, 0.3) is 0 Å². The molecule has 0 fully saturated rings. The van der Waals surface area contributed by atoms with E-state index in [1.165, 1.54) is 18.4 Å². The molecule has 0 aromatic heterocycles. The Morgan fingerprint density at radius 3 is 2.12 bits per heavy atom. The minimum atomic E-state index is 0.566. The van der Waals surface area contributed by atoms with E-state index in [-0.39, 0.29) is 0 Å². The zero-order valence-corrected chi connectivity index (χ0v) is 11.7. The minimum Gasteiger partial charge on any atom is -0.311 e. The van der Waals surface area contributed by atoms with Gasteiger partial charge in [0.05, 0.1) is 0 Å². The maximum absolute atomic E-state index is 3.68. The number of nitrogens with one attached hydrogen (secondary N) is 1. The second-order valence-corrected chi connectivity index (χ2v) is 5.68. The Kier molecular flexibility index (Phi) is 6.28. The van der Waals surface area contributed by atoms with Crippen LogP contribution in [0.2, 0.25) is 0 Å². The third-order valence-corrected chi connectivity index (χ3v) is 2.99. The van der Waals surface area contributed by atoms with Crippen LogP contribution in [0.1, 0.15) is 46.1 Å². The molecule has 0 heterocycles. The Morgan fingerprint density at radius 2 is 1.59 bits per heavy atom. The normalized spacial score (nSPS) is 13.3. The smallest absolute Gasteiger partial charge is 0.0110 e. The van der Waals surface area contributed by atoms with Crippen molar-refractivity contribution in [3.63, 3.8) is 0 Å². The van der Waals surface area contributed by atoms with Crippen molar-refractivity contribution in [3.8, 4) is 0 Å². The number of hydrogen-bond donors (Lipinski definition) is 1. The van der Waals surface area contributed by atoms with E-state index in [2.05, 4.69) is 63.3 Å². The summed E-state index contributed by atoms with van der Waals surface area (Å²) in [6, 6.07) is 12.0. The van der Waals surface area contributed by atoms with Gasteiger partial charge in [-0.25, -0.2) is 0 Å². The molecule has 1 nitrogen and oxygen atoms in total. The molecule has 0 spiro atoms. The molecular weight excluding hydrogens is 206 g/mol. The zero-order valence-electron chi connectivity index (χ0n) is 11.7. The highest BCUT2D eigenvalue weighted by atomic mass is 14.9. The molecule has 0 aliphatic carbocycles. The fraction of sp³-hybridized carbons (Fsp3) is 0.625. The van der Waals surface area contributed by atoms with Gasteiger partial charge in [-0.1, -0.05) is 58.0 Å². The summed E-state index contributed by atoms with van der Waals surface area (Å²) in [5.41, 5.74) is 1.44. The molecule has 1 N–H and O–H groups in total. The first-order chi connectivity index (χ1) is 8.08. The van der Waals surface area contributed by atoms with Crippen LogP contribution in [-0.4, -0.2) is 12.1 Å². The van der Waals surface area contributed by atoms with Crippen molar-refractivity contribution < 1.29 is 0 Å². The van der Waals surface area contributed by atoms with Crippen molar-refractivity contribution >= 4 is 0 Å². The summed E-state index contributed by atoms with van der Waals surface area (Å²) in [5.74, 6) is 0.794. The van der Waals surface area contributed by atoms with Gasteiger partial charge in [0.1, 0.15) is 0 Å². The molecule has 0 aliphatic rings. The van der Waals surface area contributed by atoms with Crippen LogP contribution in [0.3, 0.4) is 0 Å². The van der Waals surface area contributed by atoms with Crippen LogP contribution < -0.4 is 5.32 Å². The Morgan fingerprint density at radius 1 is 0.941 bits per heavy atom. The van der Waals surface area contributed by atoms with Crippen molar-refractivity contribution in [1.82, 2.24) is 5.32 Å². The summed E-state index contributed by atoms with van der Waals surface area (Å²) in [6.45, 7) is 9.06. The Balaban J connectivity index is 2.51. The van der Waals surface area contributed by atoms with Gasteiger partial charge in [0, 0.05) is 12.1 Å². The third-order valence-electron chi connectivity index (χ3n) is 2.99. The number of hydrogen-bond acceptors (Lipinski definition) is 1. The SMILES string of the molecule is CC(C)CCC(Cc1ccccc1)NC(C)C. The van der Waals surface area contributed by atoms with Crippen molar-refractivity contribution in [2.45, 2.75) is 59.0 Å². The number of rotatable bonds is 7. The van der Waals surface area contributed by atoms with Crippen LogP contribution in [0, 0.1) is 5.92 Å².